The third-order valence-electron chi connectivity index (χ3n) is 5.63. The van der Waals surface area contributed by atoms with Crippen LogP contribution in [0.25, 0.3) is 16.5 Å². The number of hydrogen-bond donors (Lipinski definition) is 2. The maximum atomic E-state index is 12.0. The van der Waals surface area contributed by atoms with Crippen LogP contribution in [-0.2, 0) is 10.5 Å². The molecule has 2 N–H and O–H groups in total. The van der Waals surface area contributed by atoms with E-state index in [1.54, 1.807) is 19.1 Å². The Balaban J connectivity index is 1.29. The van der Waals surface area contributed by atoms with E-state index in [-0.39, 0.29) is 17.9 Å². The lowest BCUT2D eigenvalue weighted by Gasteiger charge is -2.26. The normalized spacial score (nSPS) is 14.5. The number of carbonyl (C=O) groups excluding carboxylic acids is 1. The van der Waals surface area contributed by atoms with Crippen molar-refractivity contribution in [2.45, 2.75) is 19.1 Å². The Morgan fingerprint density at radius 2 is 2.10 bits per heavy atom. The van der Waals surface area contributed by atoms with Crippen molar-refractivity contribution in [1.29, 1.82) is 0 Å². The highest BCUT2D eigenvalue weighted by atomic mass is 32.2. The Labute approximate surface area is 187 Å². The van der Waals surface area contributed by atoms with Crippen molar-refractivity contribution >= 4 is 34.2 Å². The monoisotopic (exact) mass is 436 g/mol. The van der Waals surface area contributed by atoms with E-state index >= 15 is 0 Å². The van der Waals surface area contributed by atoms with Crippen LogP contribution < -0.4 is 0 Å². The first-order chi connectivity index (χ1) is 15.2. The number of carbonyl (C=O) groups is 1. The van der Waals surface area contributed by atoms with E-state index in [1.165, 1.54) is 11.1 Å². The number of esters is 1. The van der Waals surface area contributed by atoms with Gasteiger partial charge in [-0.05, 0) is 42.2 Å². The molecule has 4 rings (SSSR count). The number of nitrogens with zero attached hydrogens (tertiary/aromatic N) is 1. The number of ether oxygens (including phenoxy) is 1. The van der Waals surface area contributed by atoms with Crippen LogP contribution in [0.15, 0.2) is 54.7 Å². The Kier molecular flexibility index (Phi) is 6.99. The minimum Gasteiger partial charge on any atom is -0.507 e. The summed E-state index contributed by atoms with van der Waals surface area (Å²) in [7, 11) is 0. The van der Waals surface area contributed by atoms with E-state index in [9.17, 15) is 9.90 Å². The molecule has 0 spiro atoms. The topological polar surface area (TPSA) is 65.6 Å². The van der Waals surface area contributed by atoms with Crippen LogP contribution in [-0.4, -0.2) is 53.0 Å². The number of aromatic hydroxyl groups is 1. The standard InChI is InChI=1S/C25H28N2O3S/c1-2-30-25(29)22-14-23-21(15-24(22)28)20(16-26-23)17-31-13-12-27-10-8-19(9-11-27)18-6-4-3-5-7-18/h3-8,14-16,26,28H,2,9-13,17H2,1H3. The largest absolute Gasteiger partial charge is 0.507 e. The number of nitrogens with one attached hydrogen (secondary N) is 1. The maximum Gasteiger partial charge on any atom is 0.341 e. The number of H-pyrrole nitrogens is 1. The molecule has 0 unspecified atom stereocenters. The third kappa shape index (κ3) is 5.14. The Hall–Kier alpha value is -2.70. The van der Waals surface area contributed by atoms with Gasteiger partial charge in [-0.25, -0.2) is 4.79 Å². The van der Waals surface area contributed by atoms with E-state index in [4.69, 9.17) is 4.74 Å². The molecule has 2 heterocycles. The molecule has 1 aliphatic heterocycles. The van der Waals surface area contributed by atoms with Crippen LogP contribution in [0.2, 0.25) is 0 Å². The number of phenols is 1. The zero-order chi connectivity index (χ0) is 21.6. The van der Waals surface area contributed by atoms with Gasteiger partial charge in [-0.15, -0.1) is 0 Å². The van der Waals surface area contributed by atoms with Crippen molar-refractivity contribution in [3.8, 4) is 5.75 Å². The van der Waals surface area contributed by atoms with E-state index in [0.29, 0.717) is 0 Å². The molecule has 1 aliphatic rings. The van der Waals surface area contributed by atoms with Gasteiger partial charge >= 0.3 is 5.97 Å². The Bertz CT molecular complexity index is 1080. The summed E-state index contributed by atoms with van der Waals surface area (Å²) in [5.74, 6) is 1.37. The molecule has 5 nitrogen and oxygen atoms in total. The molecule has 0 bridgehead atoms. The molecule has 0 saturated heterocycles. The van der Waals surface area contributed by atoms with Crippen molar-refractivity contribution in [3.63, 3.8) is 0 Å². The summed E-state index contributed by atoms with van der Waals surface area (Å²) in [6, 6.07) is 14.0. The van der Waals surface area contributed by atoms with Crippen LogP contribution >= 0.6 is 11.8 Å². The first-order valence-electron chi connectivity index (χ1n) is 10.7. The lowest BCUT2D eigenvalue weighted by molar-refractivity contribution is 0.0523. The van der Waals surface area contributed by atoms with Gasteiger partial charge in [-0.3, -0.25) is 4.90 Å². The molecule has 0 aliphatic carbocycles. The van der Waals surface area contributed by atoms with Crippen LogP contribution in [0.4, 0.5) is 0 Å². The van der Waals surface area contributed by atoms with Gasteiger partial charge in [-0.1, -0.05) is 36.4 Å². The number of thioether (sulfide) groups is 1. The zero-order valence-corrected chi connectivity index (χ0v) is 18.6. The van der Waals surface area contributed by atoms with Crippen LogP contribution in [0.3, 0.4) is 0 Å². The highest BCUT2D eigenvalue weighted by molar-refractivity contribution is 7.98. The van der Waals surface area contributed by atoms with Crippen LogP contribution in [0.1, 0.15) is 34.8 Å². The van der Waals surface area contributed by atoms with Crippen LogP contribution in [0, 0.1) is 0 Å². The minimum absolute atomic E-state index is 0.0360. The van der Waals surface area contributed by atoms with E-state index in [1.807, 2.05) is 18.0 Å². The fourth-order valence-corrected chi connectivity index (χ4v) is 4.90. The zero-order valence-electron chi connectivity index (χ0n) is 17.8. The first kappa shape index (κ1) is 21.5. The number of rotatable bonds is 8. The number of hydrogen-bond acceptors (Lipinski definition) is 5. The summed E-state index contributed by atoms with van der Waals surface area (Å²) in [6.45, 7) is 5.19. The van der Waals surface area contributed by atoms with Gasteiger partial charge in [0.15, 0.2) is 0 Å². The quantitative estimate of drug-likeness (QED) is 0.381. The van der Waals surface area contributed by atoms with Crippen molar-refractivity contribution in [1.82, 2.24) is 9.88 Å². The maximum absolute atomic E-state index is 12.0. The number of aromatic nitrogens is 1. The lowest BCUT2D eigenvalue weighted by Crippen LogP contribution is -2.30. The second kappa shape index (κ2) is 10.1. The van der Waals surface area contributed by atoms with E-state index in [0.717, 1.165) is 54.0 Å². The smallest absolute Gasteiger partial charge is 0.341 e. The summed E-state index contributed by atoms with van der Waals surface area (Å²) >= 11 is 1.89. The van der Waals surface area contributed by atoms with Gasteiger partial charge in [0, 0.05) is 48.2 Å². The average molecular weight is 437 g/mol. The molecule has 0 fully saturated rings. The van der Waals surface area contributed by atoms with Gasteiger partial charge in [0.05, 0.1) is 6.61 Å². The van der Waals surface area contributed by atoms with Gasteiger partial charge in [0.2, 0.25) is 0 Å². The van der Waals surface area contributed by atoms with Gasteiger partial charge < -0.3 is 14.8 Å². The summed E-state index contributed by atoms with van der Waals surface area (Å²) in [4.78, 5) is 17.7. The predicted molar refractivity (Wildman–Crippen MR) is 128 cm³/mol. The number of aromatic amines is 1. The summed E-state index contributed by atoms with van der Waals surface area (Å²) in [5, 5.41) is 11.2. The molecule has 0 radical (unpaired) electrons. The van der Waals surface area contributed by atoms with Crippen molar-refractivity contribution in [2.24, 2.45) is 0 Å². The number of fused-ring (bicyclic) bond motifs is 1. The molecular weight excluding hydrogens is 408 g/mol. The lowest BCUT2D eigenvalue weighted by atomic mass is 10.00. The molecule has 6 heteroatoms. The number of phenolic OH excluding ortho intramolecular Hbond substituents is 1. The summed E-state index contributed by atoms with van der Waals surface area (Å²) in [5.41, 5.74) is 4.96. The summed E-state index contributed by atoms with van der Waals surface area (Å²) in [6.07, 6.45) is 5.41. The second-order valence-electron chi connectivity index (χ2n) is 7.65. The van der Waals surface area contributed by atoms with Gasteiger partial charge in [0.25, 0.3) is 0 Å². The van der Waals surface area contributed by atoms with E-state index in [2.05, 4.69) is 46.3 Å². The van der Waals surface area contributed by atoms with Gasteiger partial charge in [0.1, 0.15) is 11.3 Å². The predicted octanol–water partition coefficient (Wildman–Crippen LogP) is 5.07. The molecule has 0 saturated carbocycles. The SMILES string of the molecule is CCOC(=O)c1cc2[nH]cc(CSCCN3CC=C(c4ccccc4)CC3)c2cc1O. The second-order valence-corrected chi connectivity index (χ2v) is 8.75. The molecule has 2 aromatic carbocycles. The van der Waals surface area contributed by atoms with Crippen molar-refractivity contribution in [2.75, 3.05) is 32.0 Å². The highest BCUT2D eigenvalue weighted by Gasteiger charge is 2.16. The molecule has 3 aromatic rings. The molecular formula is C25H28N2O3S. The molecule has 31 heavy (non-hydrogen) atoms. The van der Waals surface area contributed by atoms with Gasteiger partial charge in [-0.2, -0.15) is 11.8 Å². The summed E-state index contributed by atoms with van der Waals surface area (Å²) < 4.78 is 5.01. The minimum atomic E-state index is -0.501. The van der Waals surface area contributed by atoms with E-state index < -0.39 is 5.97 Å². The molecule has 0 amide bonds. The van der Waals surface area contributed by atoms with Crippen molar-refractivity contribution < 1.29 is 14.6 Å². The number of benzene rings is 2. The molecule has 0 atom stereocenters. The van der Waals surface area contributed by atoms with Crippen molar-refractivity contribution in [3.05, 3.63) is 71.4 Å². The Morgan fingerprint density at radius 1 is 1.26 bits per heavy atom. The molecule has 162 valence electrons. The molecule has 1 aromatic heterocycles. The fourth-order valence-electron chi connectivity index (χ4n) is 3.91. The Morgan fingerprint density at radius 3 is 2.84 bits per heavy atom. The highest BCUT2D eigenvalue weighted by Crippen LogP contribution is 2.30. The third-order valence-corrected chi connectivity index (χ3v) is 6.61. The average Bonchev–Trinajstić information content (AvgIpc) is 3.19. The first-order valence-corrected chi connectivity index (χ1v) is 11.9. The fraction of sp³-hybridized carbons (Fsp3) is 0.320. The van der Waals surface area contributed by atoms with Crippen LogP contribution in [0.5, 0.6) is 5.75 Å².